The first-order chi connectivity index (χ1) is 10.3. The zero-order chi connectivity index (χ0) is 14.5. The van der Waals surface area contributed by atoms with E-state index in [1.54, 1.807) is 0 Å². The maximum atomic E-state index is 3.93. The first kappa shape index (κ1) is 15.4. The normalized spacial score (nSPS) is 30.6. The Morgan fingerprint density at radius 1 is 1.05 bits per heavy atom. The van der Waals surface area contributed by atoms with Crippen LogP contribution < -0.4 is 5.32 Å². The lowest BCUT2D eigenvalue weighted by Crippen LogP contribution is -2.42. The van der Waals surface area contributed by atoms with E-state index in [4.69, 9.17) is 0 Å². The molecule has 1 unspecified atom stereocenters. The third kappa shape index (κ3) is 4.48. The van der Waals surface area contributed by atoms with Gasteiger partial charge in [0.05, 0.1) is 0 Å². The van der Waals surface area contributed by atoms with E-state index >= 15 is 0 Å². The molecular weight excluding hydrogens is 276 g/mol. The minimum absolute atomic E-state index is 0.713. The number of rotatable bonds is 5. The summed E-state index contributed by atoms with van der Waals surface area (Å²) in [7, 11) is 0. The summed E-state index contributed by atoms with van der Waals surface area (Å²) in [6, 6.07) is 12.4. The van der Waals surface area contributed by atoms with Gasteiger partial charge in [-0.1, -0.05) is 30.3 Å². The Balaban J connectivity index is 1.41. The molecule has 1 saturated carbocycles. The van der Waals surface area contributed by atoms with Crippen LogP contribution in [-0.4, -0.2) is 41.6 Å². The lowest BCUT2D eigenvalue weighted by Gasteiger charge is -2.30. The highest BCUT2D eigenvalue weighted by Gasteiger charge is 2.27. The fourth-order valence-electron chi connectivity index (χ4n) is 3.75. The van der Waals surface area contributed by atoms with Gasteiger partial charge in [0.1, 0.15) is 0 Å². The van der Waals surface area contributed by atoms with Crippen molar-refractivity contribution in [3.8, 4) is 0 Å². The van der Waals surface area contributed by atoms with Gasteiger partial charge >= 0.3 is 0 Å². The molecule has 3 rings (SSSR count). The summed E-state index contributed by atoms with van der Waals surface area (Å²) in [5, 5.41) is 4.85. The van der Waals surface area contributed by atoms with E-state index in [1.165, 1.54) is 50.8 Å². The van der Waals surface area contributed by atoms with E-state index in [9.17, 15) is 0 Å². The van der Waals surface area contributed by atoms with Crippen LogP contribution in [0.5, 0.6) is 0 Å². The Morgan fingerprint density at radius 3 is 2.52 bits per heavy atom. The SMILES string of the molecule is CSC1CCC(NC2CCN(Cc3ccccc3)C2)CC1. The van der Waals surface area contributed by atoms with Gasteiger partial charge in [-0.2, -0.15) is 11.8 Å². The topological polar surface area (TPSA) is 15.3 Å². The molecule has 2 fully saturated rings. The van der Waals surface area contributed by atoms with Crippen LogP contribution in [0.25, 0.3) is 0 Å². The molecule has 0 radical (unpaired) electrons. The minimum atomic E-state index is 0.713. The van der Waals surface area contributed by atoms with Crippen LogP contribution in [0.2, 0.25) is 0 Å². The molecule has 0 bridgehead atoms. The maximum Gasteiger partial charge on any atom is 0.0234 e. The first-order valence-electron chi connectivity index (χ1n) is 8.38. The van der Waals surface area contributed by atoms with E-state index < -0.39 is 0 Å². The molecule has 116 valence electrons. The van der Waals surface area contributed by atoms with Gasteiger partial charge < -0.3 is 5.32 Å². The smallest absolute Gasteiger partial charge is 0.0234 e. The summed E-state index contributed by atoms with van der Waals surface area (Å²) < 4.78 is 0. The van der Waals surface area contributed by atoms with Crippen molar-refractivity contribution in [3.63, 3.8) is 0 Å². The largest absolute Gasteiger partial charge is 0.310 e. The standard InChI is InChI=1S/C18H28N2S/c1-21-18-9-7-16(8-10-18)19-17-11-12-20(14-17)13-15-5-3-2-4-6-15/h2-6,16-19H,7-14H2,1H3. The number of thioether (sulfide) groups is 1. The predicted octanol–water partition coefficient (Wildman–Crippen LogP) is 3.52. The Bertz CT molecular complexity index is 414. The molecule has 1 saturated heterocycles. The summed E-state index contributed by atoms with van der Waals surface area (Å²) in [4.78, 5) is 2.60. The van der Waals surface area contributed by atoms with E-state index in [1.807, 2.05) is 0 Å². The van der Waals surface area contributed by atoms with Crippen LogP contribution in [-0.2, 0) is 6.54 Å². The van der Waals surface area contributed by atoms with E-state index in [2.05, 4.69) is 58.6 Å². The highest BCUT2D eigenvalue weighted by Crippen LogP contribution is 2.27. The second-order valence-corrected chi connectivity index (χ2v) is 7.72. The van der Waals surface area contributed by atoms with Crippen LogP contribution in [0, 0.1) is 0 Å². The fraction of sp³-hybridized carbons (Fsp3) is 0.667. The molecule has 1 heterocycles. The second-order valence-electron chi connectivity index (χ2n) is 6.58. The number of nitrogens with one attached hydrogen (secondary N) is 1. The summed E-state index contributed by atoms with van der Waals surface area (Å²) in [6.45, 7) is 3.57. The van der Waals surface area contributed by atoms with Crippen molar-refractivity contribution in [1.29, 1.82) is 0 Å². The summed E-state index contributed by atoms with van der Waals surface area (Å²) in [6.07, 6.45) is 9.13. The number of nitrogens with zero attached hydrogens (tertiary/aromatic N) is 1. The summed E-state index contributed by atoms with van der Waals surface area (Å²) in [5.41, 5.74) is 1.44. The molecule has 0 spiro atoms. The number of hydrogen-bond acceptors (Lipinski definition) is 3. The molecule has 2 nitrogen and oxygen atoms in total. The Hall–Kier alpha value is -0.510. The molecule has 1 atom stereocenters. The van der Waals surface area contributed by atoms with Crippen molar-refractivity contribution in [2.45, 2.75) is 56.0 Å². The van der Waals surface area contributed by atoms with Gasteiger partial charge in [-0.15, -0.1) is 0 Å². The monoisotopic (exact) mass is 304 g/mol. The molecule has 2 aliphatic rings. The Kier molecular flexibility index (Phi) is 5.61. The van der Waals surface area contributed by atoms with Gasteiger partial charge in [-0.05, 0) is 43.9 Å². The lowest BCUT2D eigenvalue weighted by atomic mass is 9.94. The molecule has 0 aromatic heterocycles. The van der Waals surface area contributed by atoms with Crippen molar-refractivity contribution in [1.82, 2.24) is 10.2 Å². The minimum Gasteiger partial charge on any atom is -0.310 e. The summed E-state index contributed by atoms with van der Waals surface area (Å²) >= 11 is 2.06. The molecule has 1 aliphatic heterocycles. The van der Waals surface area contributed by atoms with Crippen molar-refractivity contribution in [2.75, 3.05) is 19.3 Å². The van der Waals surface area contributed by atoms with Crippen molar-refractivity contribution in [2.24, 2.45) is 0 Å². The number of hydrogen-bond donors (Lipinski definition) is 1. The van der Waals surface area contributed by atoms with Crippen LogP contribution in [0.1, 0.15) is 37.7 Å². The van der Waals surface area contributed by atoms with Crippen molar-refractivity contribution >= 4 is 11.8 Å². The third-order valence-electron chi connectivity index (χ3n) is 5.00. The van der Waals surface area contributed by atoms with Gasteiger partial charge in [0.15, 0.2) is 0 Å². The molecule has 0 amide bonds. The van der Waals surface area contributed by atoms with Gasteiger partial charge in [-0.3, -0.25) is 4.90 Å². The Morgan fingerprint density at radius 2 is 1.81 bits per heavy atom. The van der Waals surface area contributed by atoms with Gasteiger partial charge in [0.2, 0.25) is 0 Å². The maximum absolute atomic E-state index is 3.93. The number of benzene rings is 1. The van der Waals surface area contributed by atoms with Gasteiger partial charge in [0, 0.05) is 37.0 Å². The molecule has 1 aromatic carbocycles. The van der Waals surface area contributed by atoms with E-state index in [-0.39, 0.29) is 0 Å². The molecule has 1 aliphatic carbocycles. The van der Waals surface area contributed by atoms with Crippen LogP contribution in [0.15, 0.2) is 30.3 Å². The zero-order valence-corrected chi connectivity index (χ0v) is 13.9. The number of likely N-dealkylation sites (tertiary alicyclic amines) is 1. The fourth-order valence-corrected chi connectivity index (χ4v) is 4.50. The lowest BCUT2D eigenvalue weighted by molar-refractivity contribution is 0.300. The molecule has 1 aromatic rings. The van der Waals surface area contributed by atoms with Gasteiger partial charge in [0.25, 0.3) is 0 Å². The molecular formula is C18H28N2S. The first-order valence-corrected chi connectivity index (χ1v) is 9.67. The van der Waals surface area contributed by atoms with Crippen molar-refractivity contribution in [3.05, 3.63) is 35.9 Å². The second kappa shape index (κ2) is 7.66. The van der Waals surface area contributed by atoms with Crippen LogP contribution in [0.3, 0.4) is 0 Å². The molecule has 1 N–H and O–H groups in total. The average molecular weight is 305 g/mol. The van der Waals surface area contributed by atoms with E-state index in [0.29, 0.717) is 6.04 Å². The molecule has 3 heteroatoms. The van der Waals surface area contributed by atoms with E-state index in [0.717, 1.165) is 17.8 Å². The molecule has 21 heavy (non-hydrogen) atoms. The van der Waals surface area contributed by atoms with Crippen molar-refractivity contribution < 1.29 is 0 Å². The summed E-state index contributed by atoms with van der Waals surface area (Å²) in [5.74, 6) is 0. The quantitative estimate of drug-likeness (QED) is 0.896. The Labute approximate surface area is 133 Å². The highest BCUT2D eigenvalue weighted by molar-refractivity contribution is 7.99. The van der Waals surface area contributed by atoms with Crippen LogP contribution >= 0.6 is 11.8 Å². The highest BCUT2D eigenvalue weighted by atomic mass is 32.2. The predicted molar refractivity (Wildman–Crippen MR) is 92.8 cm³/mol. The van der Waals surface area contributed by atoms with Crippen LogP contribution in [0.4, 0.5) is 0 Å². The average Bonchev–Trinajstić information content (AvgIpc) is 2.96. The third-order valence-corrected chi connectivity index (χ3v) is 6.14. The van der Waals surface area contributed by atoms with Gasteiger partial charge in [-0.25, -0.2) is 0 Å². The zero-order valence-electron chi connectivity index (χ0n) is 13.1.